The molecule has 0 aliphatic carbocycles. The first-order chi connectivity index (χ1) is 11.7. The van der Waals surface area contributed by atoms with E-state index in [0.29, 0.717) is 0 Å². The maximum Gasteiger partial charge on any atom is 0.0564 e. The zero-order valence-corrected chi connectivity index (χ0v) is 15.0. The molecule has 130 valence electrons. The smallest absolute Gasteiger partial charge is 0.0564 e. The Morgan fingerprint density at radius 2 is 1.38 bits per heavy atom. The van der Waals surface area contributed by atoms with Crippen molar-refractivity contribution in [1.29, 1.82) is 0 Å². The van der Waals surface area contributed by atoms with Crippen molar-refractivity contribution in [1.82, 2.24) is 9.88 Å². The van der Waals surface area contributed by atoms with Gasteiger partial charge in [-0.15, -0.1) is 0 Å². The van der Waals surface area contributed by atoms with Gasteiger partial charge < -0.3 is 5.11 Å². The van der Waals surface area contributed by atoms with Crippen LogP contribution < -0.4 is 0 Å². The second-order valence-electron chi connectivity index (χ2n) is 6.39. The SMILES string of the molecule is CCc1ccc(CN2CCC(O)CC2)cc1.CCc1ccncc1. The largest absolute Gasteiger partial charge is 0.393 e. The molecular weight excluding hydrogens is 296 g/mol. The molecule has 1 N–H and O–H groups in total. The Hall–Kier alpha value is -1.71. The first-order valence-corrected chi connectivity index (χ1v) is 9.08. The lowest BCUT2D eigenvalue weighted by Crippen LogP contribution is -2.35. The van der Waals surface area contributed by atoms with Crippen LogP contribution in [0.25, 0.3) is 0 Å². The van der Waals surface area contributed by atoms with Crippen LogP contribution in [0.1, 0.15) is 43.4 Å². The first kappa shape index (κ1) is 18.6. The lowest BCUT2D eigenvalue weighted by Gasteiger charge is -2.29. The second kappa shape index (κ2) is 10.2. The topological polar surface area (TPSA) is 36.4 Å². The number of benzene rings is 1. The van der Waals surface area contributed by atoms with E-state index in [2.05, 4.69) is 48.0 Å². The number of nitrogens with zero attached hydrogens (tertiary/aromatic N) is 2. The standard InChI is InChI=1S/C14H21NO.C7H9N/c1-2-12-3-5-13(6-4-12)11-15-9-7-14(16)8-10-15;1-2-7-3-5-8-6-4-7/h3-6,14,16H,2,7-11H2,1H3;3-6H,2H2,1H3. The number of rotatable bonds is 4. The number of aliphatic hydroxyl groups is 1. The van der Waals surface area contributed by atoms with Crippen LogP contribution in [0.3, 0.4) is 0 Å². The molecule has 1 aliphatic heterocycles. The normalized spacial score (nSPS) is 15.6. The molecule has 1 aromatic carbocycles. The molecule has 1 aromatic heterocycles. The van der Waals surface area contributed by atoms with Gasteiger partial charge in [-0.1, -0.05) is 38.1 Å². The van der Waals surface area contributed by atoms with Crippen molar-refractivity contribution in [2.24, 2.45) is 0 Å². The molecule has 0 bridgehead atoms. The van der Waals surface area contributed by atoms with E-state index >= 15 is 0 Å². The average molecular weight is 326 g/mol. The Labute approximate surface area is 146 Å². The molecular formula is C21H30N2O. The van der Waals surface area contributed by atoms with E-state index in [1.165, 1.54) is 16.7 Å². The van der Waals surface area contributed by atoms with Gasteiger partial charge in [-0.3, -0.25) is 9.88 Å². The molecule has 0 amide bonds. The molecule has 24 heavy (non-hydrogen) atoms. The fourth-order valence-corrected chi connectivity index (χ4v) is 2.83. The number of piperidine rings is 1. The lowest BCUT2D eigenvalue weighted by molar-refractivity contribution is 0.0792. The average Bonchev–Trinajstić information content (AvgIpc) is 2.65. The van der Waals surface area contributed by atoms with Crippen molar-refractivity contribution in [3.05, 3.63) is 65.5 Å². The molecule has 3 rings (SSSR count). The Balaban J connectivity index is 0.000000219. The maximum atomic E-state index is 9.43. The van der Waals surface area contributed by atoms with Gasteiger partial charge in [0.1, 0.15) is 0 Å². The quantitative estimate of drug-likeness (QED) is 0.927. The van der Waals surface area contributed by atoms with Crippen molar-refractivity contribution < 1.29 is 5.11 Å². The Bertz CT molecular complexity index is 560. The van der Waals surface area contributed by atoms with Crippen LogP contribution in [-0.2, 0) is 19.4 Å². The maximum absolute atomic E-state index is 9.43. The van der Waals surface area contributed by atoms with Crippen LogP contribution in [0.5, 0.6) is 0 Å². The van der Waals surface area contributed by atoms with Crippen molar-refractivity contribution in [3.63, 3.8) is 0 Å². The number of likely N-dealkylation sites (tertiary alicyclic amines) is 1. The van der Waals surface area contributed by atoms with Gasteiger partial charge in [0.15, 0.2) is 0 Å². The highest BCUT2D eigenvalue weighted by molar-refractivity contribution is 5.22. The van der Waals surface area contributed by atoms with Crippen molar-refractivity contribution >= 4 is 0 Å². The van der Waals surface area contributed by atoms with Crippen LogP contribution in [0.2, 0.25) is 0 Å². The van der Waals surface area contributed by atoms with Crippen molar-refractivity contribution in [2.45, 2.75) is 52.2 Å². The third-order valence-electron chi connectivity index (χ3n) is 4.55. The molecule has 3 nitrogen and oxygen atoms in total. The number of aromatic nitrogens is 1. The van der Waals surface area contributed by atoms with E-state index in [4.69, 9.17) is 0 Å². The number of aliphatic hydroxyl groups excluding tert-OH is 1. The molecule has 2 aromatic rings. The van der Waals surface area contributed by atoms with Crippen molar-refractivity contribution in [2.75, 3.05) is 13.1 Å². The number of aryl methyl sites for hydroxylation is 2. The van der Waals surface area contributed by atoms with E-state index in [9.17, 15) is 5.11 Å². The Morgan fingerprint density at radius 1 is 0.875 bits per heavy atom. The fraction of sp³-hybridized carbons (Fsp3) is 0.476. The molecule has 0 unspecified atom stereocenters. The summed E-state index contributed by atoms with van der Waals surface area (Å²) in [6, 6.07) is 12.9. The summed E-state index contributed by atoms with van der Waals surface area (Å²) in [4.78, 5) is 6.32. The lowest BCUT2D eigenvalue weighted by atomic mass is 10.1. The summed E-state index contributed by atoms with van der Waals surface area (Å²) >= 11 is 0. The number of pyridine rings is 1. The van der Waals surface area contributed by atoms with E-state index in [-0.39, 0.29) is 6.10 Å². The Kier molecular flexibility index (Phi) is 7.93. The fourth-order valence-electron chi connectivity index (χ4n) is 2.83. The minimum atomic E-state index is -0.0706. The summed E-state index contributed by atoms with van der Waals surface area (Å²) in [6.45, 7) is 7.39. The third-order valence-corrected chi connectivity index (χ3v) is 4.55. The van der Waals surface area contributed by atoms with Gasteiger partial charge in [-0.05, 0) is 54.5 Å². The van der Waals surface area contributed by atoms with Crippen LogP contribution in [0.4, 0.5) is 0 Å². The van der Waals surface area contributed by atoms with Gasteiger partial charge in [0.25, 0.3) is 0 Å². The Morgan fingerprint density at radius 3 is 1.88 bits per heavy atom. The van der Waals surface area contributed by atoms with Crippen molar-refractivity contribution in [3.8, 4) is 0 Å². The minimum absolute atomic E-state index is 0.0706. The summed E-state index contributed by atoms with van der Waals surface area (Å²) in [7, 11) is 0. The third kappa shape index (κ3) is 6.42. The van der Waals surface area contributed by atoms with Crippen LogP contribution in [0.15, 0.2) is 48.8 Å². The van der Waals surface area contributed by atoms with E-state index in [1.54, 1.807) is 0 Å². The van der Waals surface area contributed by atoms with Gasteiger partial charge in [0, 0.05) is 32.0 Å². The monoisotopic (exact) mass is 326 g/mol. The minimum Gasteiger partial charge on any atom is -0.393 e. The van der Waals surface area contributed by atoms with Gasteiger partial charge in [0.05, 0.1) is 6.10 Å². The molecule has 0 spiro atoms. The predicted octanol–water partition coefficient (Wildman–Crippen LogP) is 3.85. The number of hydrogen-bond donors (Lipinski definition) is 1. The van der Waals surface area contributed by atoms with E-state index < -0.39 is 0 Å². The predicted molar refractivity (Wildman–Crippen MR) is 100.0 cm³/mol. The highest BCUT2D eigenvalue weighted by atomic mass is 16.3. The second-order valence-corrected chi connectivity index (χ2v) is 6.39. The van der Waals surface area contributed by atoms with Gasteiger partial charge >= 0.3 is 0 Å². The molecule has 0 radical (unpaired) electrons. The summed E-state index contributed by atoms with van der Waals surface area (Å²) in [5.41, 5.74) is 4.13. The molecule has 1 aliphatic rings. The number of hydrogen-bond acceptors (Lipinski definition) is 3. The highest BCUT2D eigenvalue weighted by Crippen LogP contribution is 2.14. The molecule has 3 heteroatoms. The molecule has 2 heterocycles. The molecule has 0 atom stereocenters. The summed E-state index contributed by atoms with van der Waals surface area (Å²) < 4.78 is 0. The summed E-state index contributed by atoms with van der Waals surface area (Å²) in [5, 5.41) is 9.43. The van der Waals surface area contributed by atoms with Crippen LogP contribution in [-0.4, -0.2) is 34.2 Å². The summed E-state index contributed by atoms with van der Waals surface area (Å²) in [5.74, 6) is 0. The zero-order valence-electron chi connectivity index (χ0n) is 15.0. The van der Waals surface area contributed by atoms with Crippen LogP contribution in [0, 0.1) is 0 Å². The van der Waals surface area contributed by atoms with Gasteiger partial charge in [-0.2, -0.15) is 0 Å². The summed E-state index contributed by atoms with van der Waals surface area (Å²) in [6.07, 6.45) is 7.62. The molecule has 1 saturated heterocycles. The highest BCUT2D eigenvalue weighted by Gasteiger charge is 2.16. The van der Waals surface area contributed by atoms with E-state index in [0.717, 1.165) is 45.3 Å². The molecule has 1 fully saturated rings. The van der Waals surface area contributed by atoms with Gasteiger partial charge in [0.2, 0.25) is 0 Å². The van der Waals surface area contributed by atoms with Gasteiger partial charge in [-0.25, -0.2) is 0 Å². The zero-order chi connectivity index (χ0) is 17.2. The van der Waals surface area contributed by atoms with Crippen LogP contribution >= 0.6 is 0 Å². The van der Waals surface area contributed by atoms with E-state index in [1.807, 2.05) is 24.5 Å². The molecule has 0 saturated carbocycles. The first-order valence-electron chi connectivity index (χ1n) is 9.08.